The number of benzene rings is 1. The van der Waals surface area contributed by atoms with Crippen molar-refractivity contribution < 1.29 is 4.74 Å². The van der Waals surface area contributed by atoms with Gasteiger partial charge in [-0.15, -0.1) is 0 Å². The van der Waals surface area contributed by atoms with Crippen molar-refractivity contribution in [3.63, 3.8) is 0 Å². The number of aryl methyl sites for hydroxylation is 1. The highest BCUT2D eigenvalue weighted by Gasteiger charge is 2.24. The number of halogens is 1. The summed E-state index contributed by atoms with van der Waals surface area (Å²) in [5, 5.41) is 4.37. The molecule has 2 nitrogen and oxygen atoms in total. The molecule has 1 atom stereocenters. The molecule has 1 saturated carbocycles. The molecule has 0 spiro atoms. The van der Waals surface area contributed by atoms with Gasteiger partial charge in [0.15, 0.2) is 0 Å². The maximum atomic E-state index is 6.03. The van der Waals surface area contributed by atoms with Gasteiger partial charge < -0.3 is 10.1 Å². The summed E-state index contributed by atoms with van der Waals surface area (Å²) in [6.07, 6.45) is 5.40. The number of hydrogen-bond donors (Lipinski definition) is 1. The van der Waals surface area contributed by atoms with E-state index in [0.29, 0.717) is 6.04 Å². The lowest BCUT2D eigenvalue weighted by Gasteiger charge is -2.24. The first-order valence-corrected chi connectivity index (χ1v) is 7.71. The summed E-state index contributed by atoms with van der Waals surface area (Å²) in [5.41, 5.74) is 1.07. The molecule has 0 saturated heterocycles. The van der Waals surface area contributed by atoms with Crippen molar-refractivity contribution in [2.75, 3.05) is 13.2 Å². The maximum Gasteiger partial charge on any atom is 0.119 e. The SMILES string of the molecule is CCNC(COc1ccc(Cl)c(C)c1)C1CCCC1. The predicted molar refractivity (Wildman–Crippen MR) is 81.1 cm³/mol. The average Bonchev–Trinajstić information content (AvgIpc) is 2.92. The van der Waals surface area contributed by atoms with E-state index in [2.05, 4.69) is 12.2 Å². The fourth-order valence-corrected chi connectivity index (χ4v) is 2.99. The van der Waals surface area contributed by atoms with Crippen molar-refractivity contribution in [3.8, 4) is 5.75 Å². The van der Waals surface area contributed by atoms with Crippen LogP contribution in [0.2, 0.25) is 5.02 Å². The summed E-state index contributed by atoms with van der Waals surface area (Å²) in [6.45, 7) is 5.92. The predicted octanol–water partition coefficient (Wildman–Crippen LogP) is 4.20. The van der Waals surface area contributed by atoms with Crippen LogP contribution in [0.4, 0.5) is 0 Å². The van der Waals surface area contributed by atoms with Crippen molar-refractivity contribution >= 4 is 11.6 Å². The van der Waals surface area contributed by atoms with Crippen LogP contribution in [0.1, 0.15) is 38.2 Å². The summed E-state index contributed by atoms with van der Waals surface area (Å²) in [5.74, 6) is 1.69. The Morgan fingerprint density at radius 1 is 1.37 bits per heavy atom. The van der Waals surface area contributed by atoms with Crippen LogP contribution >= 0.6 is 11.6 Å². The summed E-state index contributed by atoms with van der Waals surface area (Å²) < 4.78 is 5.95. The molecule has 1 aromatic rings. The monoisotopic (exact) mass is 281 g/mol. The number of rotatable bonds is 6. The van der Waals surface area contributed by atoms with Gasteiger partial charge in [-0.2, -0.15) is 0 Å². The van der Waals surface area contributed by atoms with Crippen LogP contribution in [0.3, 0.4) is 0 Å². The lowest BCUT2D eigenvalue weighted by Crippen LogP contribution is -2.40. The molecule has 1 aliphatic carbocycles. The second kappa shape index (κ2) is 7.16. The van der Waals surface area contributed by atoms with E-state index >= 15 is 0 Å². The van der Waals surface area contributed by atoms with Gasteiger partial charge in [0, 0.05) is 11.1 Å². The molecule has 0 bridgehead atoms. The molecular formula is C16H24ClNO. The number of ether oxygens (including phenoxy) is 1. The Labute approximate surface area is 121 Å². The van der Waals surface area contributed by atoms with Gasteiger partial charge >= 0.3 is 0 Å². The molecule has 1 aromatic carbocycles. The van der Waals surface area contributed by atoms with E-state index in [1.807, 2.05) is 25.1 Å². The lowest BCUT2D eigenvalue weighted by atomic mass is 9.99. The molecule has 2 rings (SSSR count). The first kappa shape index (κ1) is 14.7. The normalized spacial score (nSPS) is 17.6. The summed E-state index contributed by atoms with van der Waals surface area (Å²) >= 11 is 6.03. The number of likely N-dealkylation sites (N-methyl/N-ethyl adjacent to an activating group) is 1. The third-order valence-electron chi connectivity index (χ3n) is 3.99. The lowest BCUT2D eigenvalue weighted by molar-refractivity contribution is 0.219. The van der Waals surface area contributed by atoms with Gasteiger partial charge in [-0.05, 0) is 56.0 Å². The second-order valence-electron chi connectivity index (χ2n) is 5.43. The fourth-order valence-electron chi connectivity index (χ4n) is 2.88. The van der Waals surface area contributed by atoms with Crippen molar-refractivity contribution in [1.82, 2.24) is 5.32 Å². The highest BCUT2D eigenvalue weighted by molar-refractivity contribution is 6.31. The van der Waals surface area contributed by atoms with E-state index in [1.54, 1.807) is 0 Å². The molecule has 0 amide bonds. The standard InChI is InChI=1S/C16H24ClNO/c1-3-18-16(13-6-4-5-7-13)11-19-14-8-9-15(17)12(2)10-14/h8-10,13,16,18H,3-7,11H2,1-2H3. The third-order valence-corrected chi connectivity index (χ3v) is 4.42. The topological polar surface area (TPSA) is 21.3 Å². The molecule has 1 aliphatic rings. The van der Waals surface area contributed by atoms with Crippen LogP contribution in [-0.4, -0.2) is 19.2 Å². The van der Waals surface area contributed by atoms with Gasteiger partial charge in [0.2, 0.25) is 0 Å². The van der Waals surface area contributed by atoms with E-state index in [0.717, 1.165) is 35.4 Å². The van der Waals surface area contributed by atoms with E-state index in [1.165, 1.54) is 25.7 Å². The molecule has 1 unspecified atom stereocenters. The zero-order chi connectivity index (χ0) is 13.7. The first-order valence-electron chi connectivity index (χ1n) is 7.33. The van der Waals surface area contributed by atoms with E-state index in [-0.39, 0.29) is 0 Å². The van der Waals surface area contributed by atoms with Crippen molar-refractivity contribution in [3.05, 3.63) is 28.8 Å². The Morgan fingerprint density at radius 3 is 2.74 bits per heavy atom. The zero-order valence-electron chi connectivity index (χ0n) is 11.9. The molecule has 0 aromatic heterocycles. The van der Waals surface area contributed by atoms with Crippen molar-refractivity contribution in [2.24, 2.45) is 5.92 Å². The highest BCUT2D eigenvalue weighted by Crippen LogP contribution is 2.28. The van der Waals surface area contributed by atoms with Crippen molar-refractivity contribution in [1.29, 1.82) is 0 Å². The van der Waals surface area contributed by atoms with Crippen LogP contribution in [0.15, 0.2) is 18.2 Å². The van der Waals surface area contributed by atoms with E-state index < -0.39 is 0 Å². The minimum Gasteiger partial charge on any atom is -0.492 e. The second-order valence-corrected chi connectivity index (χ2v) is 5.84. The van der Waals surface area contributed by atoms with Gasteiger partial charge in [0.25, 0.3) is 0 Å². The Kier molecular flexibility index (Phi) is 5.53. The zero-order valence-corrected chi connectivity index (χ0v) is 12.7. The van der Waals surface area contributed by atoms with E-state index in [9.17, 15) is 0 Å². The van der Waals surface area contributed by atoms with Crippen LogP contribution in [0.25, 0.3) is 0 Å². The summed E-state index contributed by atoms with van der Waals surface area (Å²) in [7, 11) is 0. The van der Waals surface area contributed by atoms with Gasteiger partial charge in [-0.1, -0.05) is 31.4 Å². The molecular weight excluding hydrogens is 258 g/mol. The average molecular weight is 282 g/mol. The minimum absolute atomic E-state index is 0.475. The van der Waals surface area contributed by atoms with Crippen LogP contribution in [0, 0.1) is 12.8 Å². The fraction of sp³-hybridized carbons (Fsp3) is 0.625. The smallest absolute Gasteiger partial charge is 0.119 e. The van der Waals surface area contributed by atoms with Crippen molar-refractivity contribution in [2.45, 2.75) is 45.6 Å². The number of nitrogens with one attached hydrogen (secondary N) is 1. The molecule has 1 N–H and O–H groups in total. The minimum atomic E-state index is 0.475. The quantitative estimate of drug-likeness (QED) is 0.844. The van der Waals surface area contributed by atoms with Crippen LogP contribution in [-0.2, 0) is 0 Å². The van der Waals surface area contributed by atoms with Crippen LogP contribution in [0.5, 0.6) is 5.75 Å². The highest BCUT2D eigenvalue weighted by atomic mass is 35.5. The first-order chi connectivity index (χ1) is 9.20. The van der Waals surface area contributed by atoms with Gasteiger partial charge in [-0.25, -0.2) is 0 Å². The molecule has 19 heavy (non-hydrogen) atoms. The Morgan fingerprint density at radius 2 is 2.11 bits per heavy atom. The molecule has 0 radical (unpaired) electrons. The van der Waals surface area contributed by atoms with E-state index in [4.69, 9.17) is 16.3 Å². The van der Waals surface area contributed by atoms with Gasteiger partial charge in [-0.3, -0.25) is 0 Å². The largest absolute Gasteiger partial charge is 0.492 e. The Hall–Kier alpha value is -0.730. The molecule has 0 aliphatic heterocycles. The Balaban J connectivity index is 1.91. The van der Waals surface area contributed by atoms with Gasteiger partial charge in [0.1, 0.15) is 12.4 Å². The Bertz CT molecular complexity index is 402. The summed E-state index contributed by atoms with van der Waals surface area (Å²) in [4.78, 5) is 0. The molecule has 3 heteroatoms. The summed E-state index contributed by atoms with van der Waals surface area (Å²) in [6, 6.07) is 6.35. The molecule has 1 fully saturated rings. The number of hydrogen-bond acceptors (Lipinski definition) is 2. The molecule has 0 heterocycles. The van der Waals surface area contributed by atoms with Gasteiger partial charge in [0.05, 0.1) is 0 Å². The third kappa shape index (κ3) is 4.12. The maximum absolute atomic E-state index is 6.03. The van der Waals surface area contributed by atoms with Crippen LogP contribution < -0.4 is 10.1 Å². The molecule has 106 valence electrons.